The van der Waals surface area contributed by atoms with E-state index in [4.69, 9.17) is 5.11 Å². The Morgan fingerprint density at radius 3 is 2.75 bits per heavy atom. The van der Waals surface area contributed by atoms with Crippen LogP contribution in [0.15, 0.2) is 0 Å². The van der Waals surface area contributed by atoms with Gasteiger partial charge in [0.1, 0.15) is 6.04 Å². The molecule has 0 aliphatic carbocycles. The van der Waals surface area contributed by atoms with Crippen molar-refractivity contribution in [3.05, 3.63) is 0 Å². The maximum atomic E-state index is 11.2. The van der Waals surface area contributed by atoms with E-state index in [0.717, 1.165) is 0 Å². The summed E-state index contributed by atoms with van der Waals surface area (Å²) in [4.78, 5) is 23.7. The van der Waals surface area contributed by atoms with Gasteiger partial charge in [-0.1, -0.05) is 0 Å². The van der Waals surface area contributed by atoms with E-state index in [9.17, 15) is 14.7 Å². The molecule has 0 aromatic carbocycles. The summed E-state index contributed by atoms with van der Waals surface area (Å²) in [6.45, 7) is 3.11. The van der Waals surface area contributed by atoms with Crippen LogP contribution < -0.4 is 5.32 Å². The number of carboxylic acids is 1. The molecule has 1 amide bonds. The maximum absolute atomic E-state index is 11.2. The molecule has 0 aromatic rings. The number of carbonyl (C=O) groups is 2. The normalized spacial score (nSPS) is 25.6. The van der Waals surface area contributed by atoms with Crippen LogP contribution in [0.3, 0.4) is 0 Å². The second-order valence-corrected chi connectivity index (χ2v) is 3.94. The highest BCUT2D eigenvalue weighted by atomic mass is 16.4. The summed E-state index contributed by atoms with van der Waals surface area (Å²) < 4.78 is 0. The Kier molecular flexibility index (Phi) is 4.70. The van der Waals surface area contributed by atoms with Crippen LogP contribution in [0.5, 0.6) is 0 Å². The minimum atomic E-state index is -0.938. The number of aliphatic hydroxyl groups is 1. The molecule has 0 saturated carbocycles. The average Bonchev–Trinajstić information content (AvgIpc) is 2.57. The van der Waals surface area contributed by atoms with Gasteiger partial charge in [0.25, 0.3) is 0 Å². The van der Waals surface area contributed by atoms with E-state index >= 15 is 0 Å². The van der Waals surface area contributed by atoms with Crippen molar-refractivity contribution < 1.29 is 19.8 Å². The van der Waals surface area contributed by atoms with Crippen LogP contribution in [-0.4, -0.2) is 58.8 Å². The van der Waals surface area contributed by atoms with E-state index in [1.54, 1.807) is 4.90 Å². The van der Waals surface area contributed by atoms with Crippen molar-refractivity contribution in [3.8, 4) is 0 Å². The first-order valence-electron chi connectivity index (χ1n) is 5.46. The number of β-amino-alcohol motifs (C(OH)–C–C–N with tert-alkyl or cyclic N) is 1. The quantitative estimate of drug-likeness (QED) is 0.565. The summed E-state index contributed by atoms with van der Waals surface area (Å²) in [6.07, 6.45) is -0.0925. The molecule has 1 saturated heterocycles. The summed E-state index contributed by atoms with van der Waals surface area (Å²) in [5, 5.41) is 20.9. The van der Waals surface area contributed by atoms with Gasteiger partial charge in [-0.2, -0.15) is 0 Å². The molecule has 0 spiro atoms. The monoisotopic (exact) mass is 230 g/mol. The van der Waals surface area contributed by atoms with Crippen LogP contribution in [-0.2, 0) is 9.59 Å². The van der Waals surface area contributed by atoms with Gasteiger partial charge in [-0.3, -0.25) is 14.5 Å². The fraction of sp³-hybridized carbons (Fsp3) is 0.800. The molecular formula is C10H18N2O4. The largest absolute Gasteiger partial charge is 0.480 e. The third kappa shape index (κ3) is 3.46. The molecule has 1 heterocycles. The zero-order valence-corrected chi connectivity index (χ0v) is 9.35. The molecule has 1 rings (SSSR count). The number of carboxylic acid groups (broad SMARTS) is 1. The lowest BCUT2D eigenvalue weighted by molar-refractivity contribution is -0.142. The molecule has 0 bridgehead atoms. The molecule has 92 valence electrons. The Morgan fingerprint density at radius 1 is 1.50 bits per heavy atom. The Morgan fingerprint density at radius 2 is 2.19 bits per heavy atom. The third-order valence-corrected chi connectivity index (χ3v) is 2.67. The zero-order valence-electron chi connectivity index (χ0n) is 9.35. The summed E-state index contributed by atoms with van der Waals surface area (Å²) in [5.74, 6) is -1.03. The van der Waals surface area contributed by atoms with E-state index in [0.29, 0.717) is 19.6 Å². The predicted octanol–water partition coefficient (Wildman–Crippen LogP) is -0.968. The van der Waals surface area contributed by atoms with Crippen LogP contribution in [0.25, 0.3) is 0 Å². The minimum absolute atomic E-state index is 0.0898. The Hall–Kier alpha value is -1.14. The topological polar surface area (TPSA) is 89.9 Å². The van der Waals surface area contributed by atoms with Crippen LogP contribution in [0.2, 0.25) is 0 Å². The van der Waals surface area contributed by atoms with Gasteiger partial charge in [0.15, 0.2) is 0 Å². The number of amides is 1. The molecule has 16 heavy (non-hydrogen) atoms. The van der Waals surface area contributed by atoms with Crippen molar-refractivity contribution in [3.63, 3.8) is 0 Å². The molecule has 1 aliphatic rings. The number of nitrogens with zero attached hydrogens (tertiary/aromatic N) is 1. The summed E-state index contributed by atoms with van der Waals surface area (Å²) >= 11 is 0. The minimum Gasteiger partial charge on any atom is -0.480 e. The van der Waals surface area contributed by atoms with Crippen LogP contribution in [0.1, 0.15) is 19.8 Å². The van der Waals surface area contributed by atoms with E-state index in [2.05, 4.69) is 5.32 Å². The molecule has 6 nitrogen and oxygen atoms in total. The van der Waals surface area contributed by atoms with Crippen molar-refractivity contribution in [1.82, 2.24) is 10.2 Å². The van der Waals surface area contributed by atoms with Crippen LogP contribution in [0, 0.1) is 0 Å². The number of hydrogen-bond acceptors (Lipinski definition) is 4. The van der Waals surface area contributed by atoms with Crippen molar-refractivity contribution >= 4 is 11.9 Å². The molecule has 1 aliphatic heterocycles. The summed E-state index contributed by atoms with van der Waals surface area (Å²) in [6, 6.07) is -0.663. The molecule has 3 N–H and O–H groups in total. The molecule has 2 unspecified atom stereocenters. The first kappa shape index (κ1) is 12.9. The van der Waals surface area contributed by atoms with E-state index in [1.807, 2.05) is 6.92 Å². The average molecular weight is 230 g/mol. The smallest absolute Gasteiger partial charge is 0.321 e. The first-order valence-corrected chi connectivity index (χ1v) is 5.46. The number of nitrogens with one attached hydrogen (secondary N) is 1. The third-order valence-electron chi connectivity index (χ3n) is 2.67. The standard InChI is InChI=1S/C10H18N2O4/c1-2-11-9(14)3-4-12-6-7(13)5-8(12)10(15)16/h7-8,13H,2-6H2,1H3,(H,11,14)(H,15,16). The number of carbonyl (C=O) groups excluding carboxylic acids is 1. The predicted molar refractivity (Wildman–Crippen MR) is 56.9 cm³/mol. The van der Waals surface area contributed by atoms with Crippen LogP contribution >= 0.6 is 0 Å². The van der Waals surface area contributed by atoms with Gasteiger partial charge in [0.05, 0.1) is 6.10 Å². The fourth-order valence-corrected chi connectivity index (χ4v) is 1.91. The zero-order chi connectivity index (χ0) is 12.1. The van der Waals surface area contributed by atoms with Gasteiger partial charge in [0, 0.05) is 32.5 Å². The highest BCUT2D eigenvalue weighted by Gasteiger charge is 2.35. The number of aliphatic hydroxyl groups excluding tert-OH is 1. The lowest BCUT2D eigenvalue weighted by Crippen LogP contribution is -2.38. The number of rotatable bonds is 5. The lowest BCUT2D eigenvalue weighted by Gasteiger charge is -2.19. The highest BCUT2D eigenvalue weighted by Crippen LogP contribution is 2.18. The van der Waals surface area contributed by atoms with Crippen LogP contribution in [0.4, 0.5) is 0 Å². The van der Waals surface area contributed by atoms with Crippen molar-refractivity contribution in [2.24, 2.45) is 0 Å². The Balaban J connectivity index is 2.40. The van der Waals surface area contributed by atoms with Gasteiger partial charge >= 0.3 is 5.97 Å². The van der Waals surface area contributed by atoms with Gasteiger partial charge < -0.3 is 15.5 Å². The van der Waals surface area contributed by atoms with E-state index in [-0.39, 0.29) is 18.7 Å². The lowest BCUT2D eigenvalue weighted by atomic mass is 10.2. The molecule has 0 aromatic heterocycles. The van der Waals surface area contributed by atoms with Crippen molar-refractivity contribution in [2.75, 3.05) is 19.6 Å². The maximum Gasteiger partial charge on any atom is 0.321 e. The van der Waals surface area contributed by atoms with Gasteiger partial charge in [0.2, 0.25) is 5.91 Å². The SMILES string of the molecule is CCNC(=O)CCN1CC(O)CC1C(=O)O. The van der Waals surface area contributed by atoms with Gasteiger partial charge in [-0.25, -0.2) is 0 Å². The van der Waals surface area contributed by atoms with Crippen molar-refractivity contribution in [2.45, 2.75) is 31.9 Å². The van der Waals surface area contributed by atoms with Gasteiger partial charge in [-0.05, 0) is 6.92 Å². The van der Waals surface area contributed by atoms with Gasteiger partial charge in [-0.15, -0.1) is 0 Å². The van der Waals surface area contributed by atoms with Crippen molar-refractivity contribution in [1.29, 1.82) is 0 Å². The fourth-order valence-electron chi connectivity index (χ4n) is 1.91. The molecule has 6 heteroatoms. The summed E-state index contributed by atoms with van der Waals surface area (Å²) in [7, 11) is 0. The molecule has 0 radical (unpaired) electrons. The Labute approximate surface area is 94.2 Å². The number of hydrogen-bond donors (Lipinski definition) is 3. The summed E-state index contributed by atoms with van der Waals surface area (Å²) in [5.41, 5.74) is 0. The van der Waals surface area contributed by atoms with E-state index in [1.165, 1.54) is 0 Å². The number of likely N-dealkylation sites (tertiary alicyclic amines) is 1. The Bertz CT molecular complexity index is 270. The molecular weight excluding hydrogens is 212 g/mol. The first-order chi connectivity index (χ1) is 7.54. The van der Waals surface area contributed by atoms with E-state index < -0.39 is 18.1 Å². The second kappa shape index (κ2) is 5.81. The molecule has 1 fully saturated rings. The number of aliphatic carboxylic acids is 1. The second-order valence-electron chi connectivity index (χ2n) is 3.94. The highest BCUT2D eigenvalue weighted by molar-refractivity contribution is 5.76. The molecule has 2 atom stereocenters.